The maximum absolute atomic E-state index is 14.0. The predicted molar refractivity (Wildman–Crippen MR) is 313 cm³/mol. The molecule has 0 bridgehead atoms. The van der Waals surface area contributed by atoms with Crippen molar-refractivity contribution in [3.63, 3.8) is 0 Å². The van der Waals surface area contributed by atoms with Gasteiger partial charge in [-0.1, -0.05) is 164 Å². The smallest absolute Gasteiger partial charge is 0.166 e. The molecule has 0 nitrogen and oxygen atoms in total. The maximum atomic E-state index is 14.0. The second kappa shape index (κ2) is 22.2. The van der Waals surface area contributed by atoms with Gasteiger partial charge in [-0.25, -0.2) is 0 Å². The van der Waals surface area contributed by atoms with Crippen molar-refractivity contribution in [3.8, 4) is 22.3 Å². The van der Waals surface area contributed by atoms with Gasteiger partial charge >= 0.3 is 12.4 Å². The van der Waals surface area contributed by atoms with Gasteiger partial charge in [-0.2, -0.15) is 38.1 Å². The van der Waals surface area contributed by atoms with Crippen LogP contribution in [0.5, 0.6) is 0 Å². The Labute approximate surface area is 469 Å². The molecular formula is C72H74F6S. The van der Waals surface area contributed by atoms with Crippen molar-refractivity contribution >= 4 is 22.9 Å². The molecule has 0 N–H and O–H groups in total. The lowest BCUT2D eigenvalue weighted by Gasteiger charge is -2.50. The highest BCUT2D eigenvalue weighted by Gasteiger charge is 2.55. The summed E-state index contributed by atoms with van der Waals surface area (Å²) in [6.45, 7) is 0. The van der Waals surface area contributed by atoms with Gasteiger partial charge in [-0.05, 0) is 246 Å². The SMILES string of the molecule is FC(F)(F)C1=CCC(C(C2CC=C(c3ccc(C(F)(F)F)cc3)CC2)C2CCC(C3CCC(C4C5C=CC(c6ccc(-c7ccccc7)cc6)=CC5C5CC(c6ccc(-c7ccccc7)cc6)CCC54)CC3)C3CSCC32)C=C1. The van der Waals surface area contributed by atoms with E-state index in [1.807, 2.05) is 6.08 Å². The van der Waals surface area contributed by atoms with Crippen molar-refractivity contribution in [1.29, 1.82) is 0 Å². The third-order valence-electron chi connectivity index (χ3n) is 21.6. The Hall–Kier alpha value is -5.27. The summed E-state index contributed by atoms with van der Waals surface area (Å²) in [5.41, 5.74) is 10.00. The van der Waals surface area contributed by atoms with Crippen molar-refractivity contribution in [3.05, 3.63) is 204 Å². The van der Waals surface area contributed by atoms with Crippen molar-refractivity contribution in [2.24, 2.45) is 82.9 Å². The summed E-state index contributed by atoms with van der Waals surface area (Å²) >= 11 is 2.12. The van der Waals surface area contributed by atoms with Crippen LogP contribution in [0.1, 0.15) is 112 Å². The van der Waals surface area contributed by atoms with E-state index < -0.39 is 23.5 Å². The first-order valence-corrected chi connectivity index (χ1v) is 31.2. The first kappa shape index (κ1) is 53.1. The summed E-state index contributed by atoms with van der Waals surface area (Å²) in [6.07, 6.45) is 20.4. The number of fused-ring (bicyclic) bond motifs is 4. The molecule has 13 unspecified atom stereocenters. The van der Waals surface area contributed by atoms with Gasteiger partial charge < -0.3 is 0 Å². The monoisotopic (exact) mass is 1080 g/mol. The first-order chi connectivity index (χ1) is 38.4. The molecule has 0 aromatic heterocycles. The van der Waals surface area contributed by atoms with Gasteiger partial charge in [-0.15, -0.1) is 0 Å². The highest BCUT2D eigenvalue weighted by molar-refractivity contribution is 7.99. The third kappa shape index (κ3) is 10.8. The lowest BCUT2D eigenvalue weighted by Crippen LogP contribution is -2.45. The number of allylic oxidation sites excluding steroid dienone is 10. The van der Waals surface area contributed by atoms with Gasteiger partial charge in [-0.3, -0.25) is 0 Å². The highest BCUT2D eigenvalue weighted by atomic mass is 32.2. The van der Waals surface area contributed by atoms with E-state index in [0.717, 1.165) is 60.3 Å². The molecule has 1 aliphatic heterocycles. The van der Waals surface area contributed by atoms with Gasteiger partial charge in [0, 0.05) is 0 Å². The molecule has 5 fully saturated rings. The number of benzene rings is 5. The van der Waals surface area contributed by atoms with E-state index in [4.69, 9.17) is 0 Å². The fourth-order valence-electron chi connectivity index (χ4n) is 18.0. The predicted octanol–water partition coefficient (Wildman–Crippen LogP) is 20.4. The minimum atomic E-state index is -4.38. The van der Waals surface area contributed by atoms with E-state index in [2.05, 4.69) is 145 Å². The number of halogens is 6. The molecule has 7 heteroatoms. The molecular weight excluding hydrogens is 1010 g/mol. The topological polar surface area (TPSA) is 0 Å². The first-order valence-electron chi connectivity index (χ1n) is 30.0. The van der Waals surface area contributed by atoms with Crippen LogP contribution in [0.25, 0.3) is 33.4 Å². The van der Waals surface area contributed by atoms with Crippen molar-refractivity contribution in [2.75, 3.05) is 11.5 Å². The molecule has 5 aromatic carbocycles. The van der Waals surface area contributed by atoms with Crippen LogP contribution in [0.4, 0.5) is 26.3 Å². The summed E-state index contributed by atoms with van der Waals surface area (Å²) in [4.78, 5) is 0. The Morgan fingerprint density at radius 2 is 1.09 bits per heavy atom. The molecule has 410 valence electrons. The van der Waals surface area contributed by atoms with Crippen LogP contribution in [0.2, 0.25) is 0 Å². The van der Waals surface area contributed by atoms with Crippen LogP contribution in [-0.4, -0.2) is 17.7 Å². The zero-order valence-electron chi connectivity index (χ0n) is 45.2. The van der Waals surface area contributed by atoms with Gasteiger partial charge in [0.1, 0.15) is 0 Å². The molecule has 0 radical (unpaired) electrons. The van der Waals surface area contributed by atoms with E-state index in [1.54, 1.807) is 12.1 Å². The number of alkyl halides is 6. The van der Waals surface area contributed by atoms with Crippen molar-refractivity contribution < 1.29 is 26.3 Å². The van der Waals surface area contributed by atoms with E-state index in [0.29, 0.717) is 65.6 Å². The molecule has 1 saturated heterocycles. The van der Waals surface area contributed by atoms with Crippen LogP contribution in [0.15, 0.2) is 182 Å². The Morgan fingerprint density at radius 3 is 1.72 bits per heavy atom. The lowest BCUT2D eigenvalue weighted by molar-refractivity contribution is -0.137. The average molecular weight is 1090 g/mol. The van der Waals surface area contributed by atoms with Crippen molar-refractivity contribution in [1.82, 2.24) is 0 Å². The van der Waals surface area contributed by atoms with Gasteiger partial charge in [0.2, 0.25) is 0 Å². The second-order valence-corrected chi connectivity index (χ2v) is 26.3. The molecule has 0 amide bonds. The molecule has 79 heavy (non-hydrogen) atoms. The number of hydrogen-bond acceptors (Lipinski definition) is 1. The Morgan fingerprint density at radius 1 is 0.468 bits per heavy atom. The summed E-state index contributed by atoms with van der Waals surface area (Å²) in [6, 6.07) is 45.8. The second-order valence-electron chi connectivity index (χ2n) is 25.3. The summed E-state index contributed by atoms with van der Waals surface area (Å²) < 4.78 is 82.2. The number of thioether (sulfide) groups is 1. The fraction of sp³-hybridized carbons (Fsp3) is 0.444. The number of rotatable bonds is 10. The van der Waals surface area contributed by atoms with Crippen LogP contribution in [0.3, 0.4) is 0 Å². The molecule has 8 aliphatic rings. The quantitative estimate of drug-likeness (QED) is 0.126. The molecule has 7 aliphatic carbocycles. The van der Waals surface area contributed by atoms with Crippen LogP contribution >= 0.6 is 11.8 Å². The standard InChI is InChI=1S/C72H74F6S/c73-71(74,75)59-33-27-50(28-34-59)49-19-23-54(24-20-49)69(55-29-35-60(36-30-55)72(76,77)78)64-40-39-61(67-43-79-44-68(64)67)53-21-25-56(26-22-53)70-62-37-31-57(51-15-11-47(12-16-51)45-7-3-1-4-8-45)41-65(62)66-42-58(32-38-63(66)70)52-17-13-48(14-18-52)46-9-5-2-6-10-46/h1-19,27-29,31,33-37,41,53-56,58,61-70H,20-26,30,32,38-40,42-44H2. The van der Waals surface area contributed by atoms with Crippen molar-refractivity contribution in [2.45, 2.75) is 102 Å². The van der Waals surface area contributed by atoms with E-state index in [9.17, 15) is 26.3 Å². The van der Waals surface area contributed by atoms with E-state index in [1.165, 1.54) is 120 Å². The number of hydrogen-bond donors (Lipinski definition) is 0. The Kier molecular flexibility index (Phi) is 14.9. The van der Waals surface area contributed by atoms with Gasteiger partial charge in [0.05, 0.1) is 11.1 Å². The molecule has 0 spiro atoms. The zero-order chi connectivity index (χ0) is 53.8. The van der Waals surface area contributed by atoms with Crippen LogP contribution in [0, 0.1) is 82.9 Å². The zero-order valence-corrected chi connectivity index (χ0v) is 46.0. The Balaban J connectivity index is 0.716. The molecule has 4 saturated carbocycles. The normalized spacial score (nSPS) is 33.0. The lowest BCUT2D eigenvalue weighted by atomic mass is 9.54. The average Bonchev–Trinajstić information content (AvgIpc) is 4.31. The third-order valence-corrected chi connectivity index (χ3v) is 22.9. The molecule has 5 aromatic rings. The highest BCUT2D eigenvalue weighted by Crippen LogP contribution is 2.63. The maximum Gasteiger partial charge on any atom is 0.416 e. The van der Waals surface area contributed by atoms with Crippen LogP contribution < -0.4 is 0 Å². The molecule has 13 atom stereocenters. The Bertz CT molecular complexity index is 3060. The summed E-state index contributed by atoms with van der Waals surface area (Å²) in [5.74, 6) is 10.6. The largest absolute Gasteiger partial charge is 0.416 e. The molecule has 1 heterocycles. The molecule has 13 rings (SSSR count). The minimum Gasteiger partial charge on any atom is -0.166 e. The van der Waals surface area contributed by atoms with Gasteiger partial charge in [0.25, 0.3) is 0 Å². The van der Waals surface area contributed by atoms with E-state index in [-0.39, 0.29) is 11.8 Å². The van der Waals surface area contributed by atoms with Crippen LogP contribution in [-0.2, 0) is 6.18 Å². The van der Waals surface area contributed by atoms with Gasteiger partial charge in [0.15, 0.2) is 0 Å². The van der Waals surface area contributed by atoms with E-state index >= 15 is 0 Å². The summed E-state index contributed by atoms with van der Waals surface area (Å²) in [7, 11) is 0. The minimum absolute atomic E-state index is 0.0506. The summed E-state index contributed by atoms with van der Waals surface area (Å²) in [5, 5.41) is 0. The fourth-order valence-corrected chi connectivity index (χ4v) is 19.6.